The minimum Gasteiger partial charge on any atom is -0.306 e. The van der Waals surface area contributed by atoms with Gasteiger partial charge in [0.15, 0.2) is 0 Å². The van der Waals surface area contributed by atoms with Crippen LogP contribution in [0.25, 0.3) is 0 Å². The smallest absolute Gasteiger partial charge is 0.211 e. The monoisotopic (exact) mass is 335 g/mol. The minimum atomic E-state index is -3.15. The van der Waals surface area contributed by atoms with E-state index in [1.165, 1.54) is 36.6 Å². The molecule has 0 spiro atoms. The molecule has 3 rings (SSSR count). The third-order valence-corrected chi connectivity index (χ3v) is 6.41. The van der Waals surface area contributed by atoms with Gasteiger partial charge in [-0.2, -0.15) is 0 Å². The average Bonchev–Trinajstić information content (AvgIpc) is 2.97. The van der Waals surface area contributed by atoms with E-state index in [9.17, 15) is 8.42 Å². The predicted molar refractivity (Wildman–Crippen MR) is 94.0 cm³/mol. The number of fused-ring (bicyclic) bond motifs is 1. The lowest BCUT2D eigenvalue weighted by Crippen LogP contribution is -2.31. The molecular weight excluding hydrogens is 310 g/mol. The zero-order valence-electron chi connectivity index (χ0n) is 13.9. The summed E-state index contributed by atoms with van der Waals surface area (Å²) in [5, 5.41) is 0. The Labute approximate surface area is 138 Å². The molecule has 2 aliphatic heterocycles. The van der Waals surface area contributed by atoms with Gasteiger partial charge < -0.3 is 4.90 Å². The molecule has 0 bridgehead atoms. The van der Waals surface area contributed by atoms with Crippen molar-refractivity contribution in [1.29, 1.82) is 0 Å². The Morgan fingerprint density at radius 3 is 2.74 bits per heavy atom. The molecule has 1 fully saturated rings. The van der Waals surface area contributed by atoms with Gasteiger partial charge in [0.2, 0.25) is 10.0 Å². The number of aliphatic imine (C=N–C) groups is 1. The zero-order valence-corrected chi connectivity index (χ0v) is 14.7. The maximum atomic E-state index is 11.6. The van der Waals surface area contributed by atoms with Crippen LogP contribution in [0.15, 0.2) is 39.6 Å². The molecule has 0 amide bonds. The van der Waals surface area contributed by atoms with Crippen LogP contribution in [0.3, 0.4) is 0 Å². The van der Waals surface area contributed by atoms with Crippen molar-refractivity contribution in [2.24, 2.45) is 10.9 Å². The summed E-state index contributed by atoms with van der Waals surface area (Å²) in [7, 11) is 0.493. The zero-order chi connectivity index (χ0) is 16.4. The number of nitrogens with one attached hydrogen (secondary N) is 1. The van der Waals surface area contributed by atoms with Crippen LogP contribution in [0.2, 0.25) is 0 Å². The fourth-order valence-corrected chi connectivity index (χ4v) is 4.21. The summed E-state index contributed by atoms with van der Waals surface area (Å²) in [6.07, 6.45) is 9.91. The van der Waals surface area contributed by atoms with E-state index in [0.717, 1.165) is 25.2 Å². The summed E-state index contributed by atoms with van der Waals surface area (Å²) < 4.78 is 25.6. The molecule has 0 unspecified atom stereocenters. The Morgan fingerprint density at radius 1 is 1.30 bits per heavy atom. The Hall–Kier alpha value is -1.24. The van der Waals surface area contributed by atoms with E-state index in [1.807, 2.05) is 18.4 Å². The summed E-state index contributed by atoms with van der Waals surface area (Å²) in [4.78, 5) is 6.94. The van der Waals surface area contributed by atoms with Crippen molar-refractivity contribution in [2.45, 2.75) is 25.7 Å². The highest BCUT2D eigenvalue weighted by molar-refractivity contribution is 7.89. The van der Waals surface area contributed by atoms with Crippen LogP contribution in [0.5, 0.6) is 0 Å². The molecule has 5 nitrogen and oxygen atoms in total. The normalized spacial score (nSPS) is 23.0. The highest BCUT2D eigenvalue weighted by Crippen LogP contribution is 2.38. The number of hydrogen-bond donors (Lipinski definition) is 1. The molecule has 126 valence electrons. The Kier molecular flexibility index (Phi) is 4.85. The molecular formula is C17H25N3O2S. The van der Waals surface area contributed by atoms with Crippen LogP contribution < -0.4 is 4.72 Å². The lowest BCUT2D eigenvalue weighted by Gasteiger charge is -2.30. The van der Waals surface area contributed by atoms with Gasteiger partial charge in [-0.1, -0.05) is 11.6 Å². The summed E-state index contributed by atoms with van der Waals surface area (Å²) >= 11 is 0. The van der Waals surface area contributed by atoms with E-state index in [-0.39, 0.29) is 5.75 Å². The fourth-order valence-electron chi connectivity index (χ4n) is 3.47. The first kappa shape index (κ1) is 16.6. The molecule has 0 atom stereocenters. The van der Waals surface area contributed by atoms with Crippen LogP contribution in [0.4, 0.5) is 0 Å². The molecule has 1 saturated heterocycles. The van der Waals surface area contributed by atoms with Gasteiger partial charge >= 0.3 is 0 Å². The Balaban J connectivity index is 1.71. The van der Waals surface area contributed by atoms with Crippen LogP contribution in [0.1, 0.15) is 25.7 Å². The number of hydrogen-bond acceptors (Lipinski definition) is 4. The maximum absolute atomic E-state index is 11.6. The highest BCUT2D eigenvalue weighted by Gasteiger charge is 2.27. The molecule has 1 N–H and O–H groups in total. The number of nitrogens with zero attached hydrogens (tertiary/aromatic N) is 2. The largest absolute Gasteiger partial charge is 0.306 e. The Morgan fingerprint density at radius 2 is 2.04 bits per heavy atom. The van der Waals surface area contributed by atoms with Gasteiger partial charge in [0.1, 0.15) is 0 Å². The summed E-state index contributed by atoms with van der Waals surface area (Å²) in [6.45, 7) is 2.27. The van der Waals surface area contributed by atoms with E-state index in [2.05, 4.69) is 21.7 Å². The number of sulfonamides is 1. The molecule has 0 aromatic rings. The molecule has 3 aliphatic rings. The second kappa shape index (κ2) is 6.71. The Bertz CT molecular complexity index is 693. The maximum Gasteiger partial charge on any atom is 0.211 e. The van der Waals surface area contributed by atoms with Gasteiger partial charge in [-0.25, -0.2) is 13.1 Å². The van der Waals surface area contributed by atoms with Crippen LogP contribution >= 0.6 is 0 Å². The van der Waals surface area contributed by atoms with Gasteiger partial charge in [-0.3, -0.25) is 4.99 Å². The molecule has 2 heterocycles. The van der Waals surface area contributed by atoms with Crippen molar-refractivity contribution in [3.63, 3.8) is 0 Å². The second-order valence-corrected chi connectivity index (χ2v) is 8.64. The van der Waals surface area contributed by atoms with Gasteiger partial charge in [0.25, 0.3) is 0 Å². The van der Waals surface area contributed by atoms with Gasteiger partial charge in [0, 0.05) is 6.21 Å². The van der Waals surface area contributed by atoms with Crippen molar-refractivity contribution < 1.29 is 8.42 Å². The lowest BCUT2D eigenvalue weighted by atomic mass is 9.84. The van der Waals surface area contributed by atoms with E-state index >= 15 is 0 Å². The number of allylic oxidation sites excluding steroid dienone is 5. The van der Waals surface area contributed by atoms with Crippen LogP contribution in [-0.4, -0.2) is 52.5 Å². The SMILES string of the molecule is CNS(=O)(=O)CCC1=CC=C2N=CC(C3CCN(C)CC3)=C2C1. The van der Waals surface area contributed by atoms with Crippen LogP contribution in [-0.2, 0) is 10.0 Å². The minimum absolute atomic E-state index is 0.149. The molecule has 0 aromatic carbocycles. The van der Waals surface area contributed by atoms with E-state index < -0.39 is 10.0 Å². The lowest BCUT2D eigenvalue weighted by molar-refractivity contribution is 0.241. The van der Waals surface area contributed by atoms with Crippen molar-refractivity contribution >= 4 is 16.2 Å². The molecule has 0 aromatic heterocycles. The van der Waals surface area contributed by atoms with Crippen molar-refractivity contribution in [3.05, 3.63) is 34.6 Å². The second-order valence-electron chi connectivity index (χ2n) is 6.60. The average molecular weight is 335 g/mol. The summed E-state index contributed by atoms with van der Waals surface area (Å²) in [6, 6.07) is 0. The van der Waals surface area contributed by atoms with Crippen molar-refractivity contribution in [3.8, 4) is 0 Å². The third kappa shape index (κ3) is 3.82. The van der Waals surface area contributed by atoms with Gasteiger partial charge in [-0.15, -0.1) is 0 Å². The first-order chi connectivity index (χ1) is 11.0. The van der Waals surface area contributed by atoms with E-state index in [1.54, 1.807) is 0 Å². The third-order valence-electron chi connectivity index (χ3n) is 5.04. The van der Waals surface area contributed by atoms with Crippen LogP contribution in [0, 0.1) is 5.92 Å². The standard InChI is InChI=1S/C17H25N3O2S/c1-18-23(21,22)10-7-13-3-4-17-15(11-13)16(12-19-17)14-5-8-20(2)9-6-14/h3-4,12,14,18H,5-11H2,1-2H3. The van der Waals surface area contributed by atoms with Gasteiger partial charge in [0.05, 0.1) is 11.4 Å². The molecule has 23 heavy (non-hydrogen) atoms. The quantitative estimate of drug-likeness (QED) is 0.834. The van der Waals surface area contributed by atoms with Gasteiger partial charge in [-0.05, 0) is 76.0 Å². The summed E-state index contributed by atoms with van der Waals surface area (Å²) in [5.41, 5.74) is 4.95. The summed E-state index contributed by atoms with van der Waals surface area (Å²) in [5.74, 6) is 0.743. The van der Waals surface area contributed by atoms with E-state index in [0.29, 0.717) is 12.3 Å². The first-order valence-electron chi connectivity index (χ1n) is 8.25. The highest BCUT2D eigenvalue weighted by atomic mass is 32.2. The molecule has 0 saturated carbocycles. The number of rotatable bonds is 5. The first-order valence-corrected chi connectivity index (χ1v) is 9.91. The van der Waals surface area contributed by atoms with Crippen molar-refractivity contribution in [1.82, 2.24) is 9.62 Å². The molecule has 6 heteroatoms. The molecule has 1 aliphatic carbocycles. The number of likely N-dealkylation sites (tertiary alicyclic amines) is 1. The molecule has 0 radical (unpaired) electrons. The van der Waals surface area contributed by atoms with Crippen molar-refractivity contribution in [2.75, 3.05) is 32.9 Å². The predicted octanol–water partition coefficient (Wildman–Crippen LogP) is 1.86. The fraction of sp³-hybridized carbons (Fsp3) is 0.588. The topological polar surface area (TPSA) is 61.8 Å². The van der Waals surface area contributed by atoms with E-state index in [4.69, 9.17) is 0 Å². The number of piperidine rings is 1.